The monoisotopic (exact) mass is 280 g/mol. The smallest absolute Gasteiger partial charge is 0.326 e. The summed E-state index contributed by atoms with van der Waals surface area (Å²) in [5.74, 6) is -1.16. The standard InChI is InChI=1S/C13H16N2O5/c16-6-5-9(13(18)19)15-12(17)11-7-14-8-3-1-2-4-10(8)20-11/h1-4,9,11,14,16H,5-7H2,(H,15,17)(H,18,19)/t9-,11?/m0/s1. The van der Waals surface area contributed by atoms with Crippen molar-refractivity contribution in [3.05, 3.63) is 24.3 Å². The number of hydrogen-bond donors (Lipinski definition) is 4. The number of aliphatic carboxylic acids is 1. The summed E-state index contributed by atoms with van der Waals surface area (Å²) >= 11 is 0. The molecule has 4 N–H and O–H groups in total. The minimum absolute atomic E-state index is 0.0438. The summed E-state index contributed by atoms with van der Waals surface area (Å²) in [7, 11) is 0. The van der Waals surface area contributed by atoms with Gasteiger partial charge in [-0.15, -0.1) is 0 Å². The number of benzene rings is 1. The molecule has 1 aliphatic heterocycles. The summed E-state index contributed by atoms with van der Waals surface area (Å²) in [5, 5.41) is 23.1. The number of rotatable bonds is 5. The summed E-state index contributed by atoms with van der Waals surface area (Å²) < 4.78 is 5.52. The van der Waals surface area contributed by atoms with Gasteiger partial charge in [0.2, 0.25) is 0 Å². The van der Waals surface area contributed by atoms with E-state index in [1.165, 1.54) is 0 Å². The molecule has 0 bridgehead atoms. The zero-order valence-electron chi connectivity index (χ0n) is 10.7. The van der Waals surface area contributed by atoms with Crippen molar-refractivity contribution in [2.24, 2.45) is 0 Å². The summed E-state index contributed by atoms with van der Waals surface area (Å²) in [6.07, 6.45) is -0.844. The van der Waals surface area contributed by atoms with Crippen LogP contribution in [0.25, 0.3) is 0 Å². The normalized spacial score (nSPS) is 18.1. The number of aliphatic hydroxyl groups is 1. The molecule has 0 fully saturated rings. The van der Waals surface area contributed by atoms with Crippen molar-refractivity contribution in [2.75, 3.05) is 18.5 Å². The van der Waals surface area contributed by atoms with Crippen LogP contribution in [0.2, 0.25) is 0 Å². The van der Waals surface area contributed by atoms with Crippen LogP contribution in [0.5, 0.6) is 5.75 Å². The van der Waals surface area contributed by atoms with Crippen LogP contribution in [-0.4, -0.2) is 47.4 Å². The van der Waals surface area contributed by atoms with Gasteiger partial charge in [0.1, 0.15) is 11.8 Å². The van der Waals surface area contributed by atoms with Crippen LogP contribution < -0.4 is 15.4 Å². The molecule has 1 amide bonds. The third-order valence-electron chi connectivity index (χ3n) is 2.96. The Morgan fingerprint density at radius 2 is 2.20 bits per heavy atom. The van der Waals surface area contributed by atoms with E-state index < -0.39 is 24.0 Å². The Balaban J connectivity index is 1.99. The molecule has 108 valence electrons. The molecule has 7 nitrogen and oxygen atoms in total. The molecule has 1 heterocycles. The molecule has 0 radical (unpaired) electrons. The summed E-state index contributed by atoms with van der Waals surface area (Å²) in [5.41, 5.74) is 0.793. The number of aliphatic hydroxyl groups excluding tert-OH is 1. The zero-order chi connectivity index (χ0) is 14.5. The lowest BCUT2D eigenvalue weighted by atomic mass is 10.2. The minimum atomic E-state index is -1.18. The van der Waals surface area contributed by atoms with Crippen molar-refractivity contribution < 1.29 is 24.5 Å². The number of carboxylic acid groups (broad SMARTS) is 1. The zero-order valence-corrected chi connectivity index (χ0v) is 10.7. The lowest BCUT2D eigenvalue weighted by Crippen LogP contribution is -2.50. The maximum Gasteiger partial charge on any atom is 0.326 e. The number of nitrogens with one attached hydrogen (secondary N) is 2. The first-order chi connectivity index (χ1) is 9.61. The van der Waals surface area contributed by atoms with Crippen molar-refractivity contribution in [3.63, 3.8) is 0 Å². The topological polar surface area (TPSA) is 108 Å². The van der Waals surface area contributed by atoms with E-state index in [9.17, 15) is 9.59 Å². The first-order valence-electron chi connectivity index (χ1n) is 6.25. The predicted octanol–water partition coefficient (Wildman–Crippen LogP) is -0.189. The van der Waals surface area contributed by atoms with E-state index >= 15 is 0 Å². The van der Waals surface area contributed by atoms with Gasteiger partial charge in [-0.25, -0.2) is 4.79 Å². The third kappa shape index (κ3) is 3.18. The van der Waals surface area contributed by atoms with Gasteiger partial charge < -0.3 is 25.6 Å². The SMILES string of the molecule is O=C(N[C@@H](CCO)C(=O)O)C1CNc2ccccc2O1. The molecular formula is C13H16N2O5. The van der Waals surface area contributed by atoms with Crippen molar-refractivity contribution in [1.29, 1.82) is 0 Å². The molecule has 20 heavy (non-hydrogen) atoms. The Morgan fingerprint density at radius 3 is 2.90 bits per heavy atom. The van der Waals surface area contributed by atoms with Crippen molar-refractivity contribution in [2.45, 2.75) is 18.6 Å². The van der Waals surface area contributed by atoms with Gasteiger partial charge in [0.05, 0.1) is 12.2 Å². The highest BCUT2D eigenvalue weighted by Crippen LogP contribution is 2.28. The van der Waals surface area contributed by atoms with Crippen LogP contribution in [-0.2, 0) is 9.59 Å². The molecule has 0 aliphatic carbocycles. The fraction of sp³-hybridized carbons (Fsp3) is 0.385. The van der Waals surface area contributed by atoms with E-state index in [1.807, 2.05) is 12.1 Å². The van der Waals surface area contributed by atoms with Crippen LogP contribution in [0.1, 0.15) is 6.42 Å². The van der Waals surface area contributed by atoms with Crippen molar-refractivity contribution in [1.82, 2.24) is 5.32 Å². The van der Waals surface area contributed by atoms with Crippen LogP contribution in [0.3, 0.4) is 0 Å². The molecule has 7 heteroatoms. The highest BCUT2D eigenvalue weighted by atomic mass is 16.5. The Hall–Kier alpha value is -2.28. The van der Waals surface area contributed by atoms with Crippen LogP contribution in [0.4, 0.5) is 5.69 Å². The number of carbonyl (C=O) groups excluding carboxylic acids is 1. The van der Waals surface area contributed by atoms with Crippen LogP contribution in [0, 0.1) is 0 Å². The van der Waals surface area contributed by atoms with Gasteiger partial charge in [0.25, 0.3) is 5.91 Å². The Kier molecular flexibility index (Phi) is 4.41. The van der Waals surface area contributed by atoms with E-state index in [1.54, 1.807) is 12.1 Å². The van der Waals surface area contributed by atoms with Gasteiger partial charge in [-0.3, -0.25) is 4.79 Å². The minimum Gasteiger partial charge on any atom is -0.480 e. The quantitative estimate of drug-likeness (QED) is 0.595. The average molecular weight is 280 g/mol. The lowest BCUT2D eigenvalue weighted by Gasteiger charge is -2.27. The van der Waals surface area contributed by atoms with E-state index in [-0.39, 0.29) is 19.6 Å². The van der Waals surface area contributed by atoms with Crippen molar-refractivity contribution >= 4 is 17.6 Å². The van der Waals surface area contributed by atoms with E-state index in [2.05, 4.69) is 10.6 Å². The molecule has 0 aromatic heterocycles. The summed E-state index contributed by atoms with van der Waals surface area (Å²) in [4.78, 5) is 22.9. The molecule has 1 aromatic rings. The second-order valence-electron chi connectivity index (χ2n) is 4.40. The van der Waals surface area contributed by atoms with Gasteiger partial charge in [-0.2, -0.15) is 0 Å². The van der Waals surface area contributed by atoms with Gasteiger partial charge >= 0.3 is 5.97 Å². The molecule has 2 rings (SSSR count). The fourth-order valence-electron chi connectivity index (χ4n) is 1.91. The molecule has 0 saturated carbocycles. The number of fused-ring (bicyclic) bond motifs is 1. The highest BCUT2D eigenvalue weighted by Gasteiger charge is 2.29. The Labute approximate surface area is 115 Å². The van der Waals surface area contributed by atoms with E-state index in [0.717, 1.165) is 5.69 Å². The Bertz CT molecular complexity index is 505. The third-order valence-corrected chi connectivity index (χ3v) is 2.96. The molecule has 1 unspecified atom stereocenters. The predicted molar refractivity (Wildman–Crippen MR) is 70.6 cm³/mol. The molecular weight excluding hydrogens is 264 g/mol. The maximum absolute atomic E-state index is 12.0. The summed E-state index contributed by atoms with van der Waals surface area (Å²) in [6.45, 7) is -0.0574. The molecule has 1 aliphatic rings. The maximum atomic E-state index is 12.0. The largest absolute Gasteiger partial charge is 0.480 e. The lowest BCUT2D eigenvalue weighted by molar-refractivity contribution is -0.143. The molecule has 0 saturated heterocycles. The summed E-state index contributed by atoms with van der Waals surface area (Å²) in [6, 6.07) is 6.07. The molecule has 1 aromatic carbocycles. The van der Waals surface area contributed by atoms with E-state index in [0.29, 0.717) is 5.75 Å². The van der Waals surface area contributed by atoms with Gasteiger partial charge in [-0.1, -0.05) is 12.1 Å². The average Bonchev–Trinajstić information content (AvgIpc) is 2.46. The first kappa shape index (κ1) is 14.1. The number of hydrogen-bond acceptors (Lipinski definition) is 5. The first-order valence-corrected chi connectivity index (χ1v) is 6.25. The van der Waals surface area contributed by atoms with Gasteiger partial charge in [0.15, 0.2) is 6.10 Å². The second kappa shape index (κ2) is 6.25. The Morgan fingerprint density at radius 1 is 1.45 bits per heavy atom. The van der Waals surface area contributed by atoms with Crippen molar-refractivity contribution in [3.8, 4) is 5.75 Å². The number of para-hydroxylation sites is 2. The number of anilines is 1. The van der Waals surface area contributed by atoms with Gasteiger partial charge in [-0.05, 0) is 12.1 Å². The number of ether oxygens (including phenoxy) is 1. The molecule has 2 atom stereocenters. The van der Waals surface area contributed by atoms with Gasteiger partial charge in [0, 0.05) is 13.0 Å². The van der Waals surface area contributed by atoms with Crippen LogP contribution in [0.15, 0.2) is 24.3 Å². The number of carbonyl (C=O) groups is 2. The molecule has 0 spiro atoms. The second-order valence-corrected chi connectivity index (χ2v) is 4.40. The van der Waals surface area contributed by atoms with Crippen LogP contribution >= 0.6 is 0 Å². The number of amides is 1. The number of carboxylic acids is 1. The fourth-order valence-corrected chi connectivity index (χ4v) is 1.91. The highest BCUT2D eigenvalue weighted by molar-refractivity contribution is 5.87. The van der Waals surface area contributed by atoms with E-state index in [4.69, 9.17) is 14.9 Å².